The lowest BCUT2D eigenvalue weighted by atomic mass is 10.2. The Labute approximate surface area is 196 Å². The molecule has 0 atom stereocenters. The van der Waals surface area contributed by atoms with Crippen molar-refractivity contribution in [1.82, 2.24) is 15.0 Å². The van der Waals surface area contributed by atoms with Crippen LogP contribution in [0.1, 0.15) is 25.0 Å². The fourth-order valence-electron chi connectivity index (χ4n) is 4.54. The third-order valence-corrected chi connectivity index (χ3v) is 6.28. The predicted molar refractivity (Wildman–Crippen MR) is 127 cm³/mol. The van der Waals surface area contributed by atoms with E-state index in [2.05, 4.69) is 15.0 Å². The molecule has 1 aliphatic rings. The van der Waals surface area contributed by atoms with E-state index in [4.69, 9.17) is 14.2 Å². The van der Waals surface area contributed by atoms with Crippen LogP contribution in [0.2, 0.25) is 0 Å². The lowest BCUT2D eigenvalue weighted by Crippen LogP contribution is -2.40. The van der Waals surface area contributed by atoms with Gasteiger partial charge in [-0.1, -0.05) is 0 Å². The Morgan fingerprint density at radius 3 is 2.68 bits per heavy atom. The average Bonchev–Trinajstić information content (AvgIpc) is 3.44. The van der Waals surface area contributed by atoms with Crippen molar-refractivity contribution in [2.45, 2.75) is 26.2 Å². The molecule has 8 nitrogen and oxygen atoms in total. The van der Waals surface area contributed by atoms with Gasteiger partial charge in [-0.15, -0.1) is 0 Å². The second kappa shape index (κ2) is 9.08. The van der Waals surface area contributed by atoms with Gasteiger partial charge < -0.3 is 29.0 Å². The fraction of sp³-hybridized carbons (Fsp3) is 0.360. The molecule has 9 heteroatoms. The first-order valence-electron chi connectivity index (χ1n) is 11.4. The zero-order chi connectivity index (χ0) is 23.7. The third kappa shape index (κ3) is 4.36. The molecule has 1 saturated heterocycles. The van der Waals surface area contributed by atoms with Crippen LogP contribution in [0, 0.1) is 17.9 Å². The van der Waals surface area contributed by atoms with Crippen molar-refractivity contribution in [1.29, 1.82) is 0 Å². The minimum atomic E-state index is -0.461. The predicted octanol–water partition coefficient (Wildman–Crippen LogP) is 5.24. The molecule has 0 amide bonds. The van der Waals surface area contributed by atoms with Gasteiger partial charge in [-0.05, 0) is 31.2 Å². The van der Waals surface area contributed by atoms with Crippen molar-refractivity contribution in [3.05, 3.63) is 53.4 Å². The summed E-state index contributed by atoms with van der Waals surface area (Å²) in [6.07, 6.45) is 4.01. The summed E-state index contributed by atoms with van der Waals surface area (Å²) in [5.74, 6) is 0.831. The van der Waals surface area contributed by atoms with Gasteiger partial charge in [0.15, 0.2) is 23.1 Å². The number of halogens is 1. The van der Waals surface area contributed by atoms with Gasteiger partial charge in [0, 0.05) is 41.9 Å². The number of likely N-dealkylation sites (tertiary alicyclic amines) is 1. The molecule has 178 valence electrons. The van der Waals surface area contributed by atoms with Gasteiger partial charge in [-0.2, -0.15) is 0 Å². The number of aromatic amines is 1. The van der Waals surface area contributed by atoms with E-state index in [-0.39, 0.29) is 16.3 Å². The minimum absolute atomic E-state index is 0.0716. The molecule has 2 aromatic heterocycles. The van der Waals surface area contributed by atoms with Gasteiger partial charge in [-0.25, -0.2) is 14.4 Å². The maximum absolute atomic E-state index is 15.0. The molecular weight excluding hydrogens is 439 g/mol. The highest BCUT2D eigenvalue weighted by atomic mass is 19.1. The van der Waals surface area contributed by atoms with Gasteiger partial charge >= 0.3 is 0 Å². The minimum Gasteiger partial charge on any atom is -0.633 e. The molecule has 5 rings (SSSR count). The number of fused-ring (bicyclic) bond motifs is 2. The highest BCUT2D eigenvalue weighted by Crippen LogP contribution is 2.37. The first-order chi connectivity index (χ1) is 16.5. The van der Waals surface area contributed by atoms with Crippen molar-refractivity contribution in [2.24, 2.45) is 0 Å². The number of quaternary nitrogens is 1. The lowest BCUT2D eigenvalue weighted by Gasteiger charge is -2.38. The zero-order valence-corrected chi connectivity index (χ0v) is 19.3. The SMILES string of the molecule is COc1cc2c(Oc3ccc4[nH]c(C)cc4c3F)ncnc2cc1OCCC[N+]1([O-])CCCC1. The Morgan fingerprint density at radius 2 is 1.88 bits per heavy atom. The third-order valence-electron chi connectivity index (χ3n) is 6.28. The van der Waals surface area contributed by atoms with Gasteiger partial charge in [0.1, 0.15) is 6.33 Å². The van der Waals surface area contributed by atoms with Crippen LogP contribution in [-0.2, 0) is 0 Å². The molecule has 3 heterocycles. The van der Waals surface area contributed by atoms with Gasteiger partial charge in [0.25, 0.3) is 0 Å². The second-order valence-corrected chi connectivity index (χ2v) is 8.73. The van der Waals surface area contributed by atoms with Crippen molar-refractivity contribution in [3.8, 4) is 23.1 Å². The van der Waals surface area contributed by atoms with Crippen LogP contribution in [0.3, 0.4) is 0 Å². The average molecular weight is 467 g/mol. The Hall–Kier alpha value is -3.43. The van der Waals surface area contributed by atoms with Crippen LogP contribution in [0.4, 0.5) is 4.39 Å². The number of methoxy groups -OCH3 is 1. The molecule has 34 heavy (non-hydrogen) atoms. The van der Waals surface area contributed by atoms with Crippen molar-refractivity contribution in [2.75, 3.05) is 33.4 Å². The summed E-state index contributed by atoms with van der Waals surface area (Å²) >= 11 is 0. The highest BCUT2D eigenvalue weighted by Gasteiger charge is 2.22. The first kappa shape index (κ1) is 22.4. The maximum atomic E-state index is 15.0. The van der Waals surface area contributed by atoms with E-state index in [0.29, 0.717) is 66.0 Å². The molecule has 0 aliphatic carbocycles. The first-order valence-corrected chi connectivity index (χ1v) is 11.4. The van der Waals surface area contributed by atoms with E-state index in [1.54, 1.807) is 37.4 Å². The summed E-state index contributed by atoms with van der Waals surface area (Å²) in [6, 6.07) is 8.55. The van der Waals surface area contributed by atoms with Crippen LogP contribution in [-0.4, -0.2) is 52.9 Å². The molecule has 4 aromatic rings. The van der Waals surface area contributed by atoms with E-state index in [9.17, 15) is 5.21 Å². The number of aryl methyl sites for hydroxylation is 1. The van der Waals surface area contributed by atoms with E-state index in [1.807, 2.05) is 6.92 Å². The number of nitrogens with one attached hydrogen (secondary N) is 1. The molecule has 0 bridgehead atoms. The molecule has 1 N–H and O–H groups in total. The van der Waals surface area contributed by atoms with E-state index < -0.39 is 5.82 Å². The molecule has 2 aromatic carbocycles. The molecule has 0 spiro atoms. The van der Waals surface area contributed by atoms with Gasteiger partial charge in [-0.3, -0.25) is 0 Å². The standard InChI is InChI=1S/C25H27FN4O4/c1-16-12-17-19(29-16)6-7-21(24(17)26)34-25-18-13-22(32-2)23(14-20(18)27-15-28-25)33-11-5-10-30(31)8-3-4-9-30/h6-7,12-15,29H,3-5,8-11H2,1-2H3. The Kier molecular flexibility index (Phi) is 5.97. The number of H-pyrrole nitrogens is 1. The normalized spacial score (nSPS) is 15.2. The molecule has 0 radical (unpaired) electrons. The van der Waals surface area contributed by atoms with Crippen molar-refractivity contribution < 1.29 is 23.2 Å². The van der Waals surface area contributed by atoms with Crippen LogP contribution in [0.5, 0.6) is 23.1 Å². The topological polar surface area (TPSA) is 92.3 Å². The maximum Gasteiger partial charge on any atom is 0.230 e. The Balaban J connectivity index is 1.37. The summed E-state index contributed by atoms with van der Waals surface area (Å²) in [5.41, 5.74) is 2.14. The van der Waals surface area contributed by atoms with Crippen LogP contribution < -0.4 is 14.2 Å². The van der Waals surface area contributed by atoms with Gasteiger partial charge in [0.05, 0.1) is 44.3 Å². The smallest absolute Gasteiger partial charge is 0.230 e. The highest BCUT2D eigenvalue weighted by molar-refractivity contribution is 5.87. The van der Waals surface area contributed by atoms with E-state index in [0.717, 1.165) is 18.5 Å². The van der Waals surface area contributed by atoms with Crippen LogP contribution in [0.15, 0.2) is 36.7 Å². The summed E-state index contributed by atoms with van der Waals surface area (Å²) in [7, 11) is 1.54. The number of hydrogen-bond acceptors (Lipinski definition) is 6. The number of rotatable bonds is 8. The van der Waals surface area contributed by atoms with E-state index in [1.165, 1.54) is 6.33 Å². The summed E-state index contributed by atoms with van der Waals surface area (Å²) in [4.78, 5) is 11.6. The fourth-order valence-corrected chi connectivity index (χ4v) is 4.54. The number of ether oxygens (including phenoxy) is 3. The number of aromatic nitrogens is 3. The largest absolute Gasteiger partial charge is 0.633 e. The monoisotopic (exact) mass is 466 g/mol. The molecule has 0 unspecified atom stereocenters. The molecule has 1 fully saturated rings. The number of nitrogens with zero attached hydrogens (tertiary/aromatic N) is 3. The Morgan fingerprint density at radius 1 is 1.06 bits per heavy atom. The second-order valence-electron chi connectivity index (χ2n) is 8.73. The number of hydroxylamine groups is 3. The quantitative estimate of drug-likeness (QED) is 0.217. The lowest BCUT2D eigenvalue weighted by molar-refractivity contribution is -0.868. The van der Waals surface area contributed by atoms with Crippen molar-refractivity contribution >= 4 is 21.8 Å². The van der Waals surface area contributed by atoms with Crippen LogP contribution >= 0.6 is 0 Å². The number of hydrogen-bond donors (Lipinski definition) is 1. The van der Waals surface area contributed by atoms with E-state index >= 15 is 4.39 Å². The van der Waals surface area contributed by atoms with Gasteiger partial charge in [0.2, 0.25) is 5.88 Å². The molecule has 0 saturated carbocycles. The van der Waals surface area contributed by atoms with Crippen LogP contribution in [0.25, 0.3) is 21.8 Å². The Bertz CT molecular complexity index is 1330. The van der Waals surface area contributed by atoms with Crippen molar-refractivity contribution in [3.63, 3.8) is 0 Å². The molecular formula is C25H27FN4O4. The number of benzene rings is 2. The summed E-state index contributed by atoms with van der Waals surface area (Å²) in [5, 5.41) is 13.5. The zero-order valence-electron chi connectivity index (χ0n) is 19.3. The summed E-state index contributed by atoms with van der Waals surface area (Å²) in [6.45, 7) is 4.20. The summed E-state index contributed by atoms with van der Waals surface area (Å²) < 4.78 is 32.2. The molecule has 1 aliphatic heterocycles.